The molecule has 1 aliphatic heterocycles. The quantitative estimate of drug-likeness (QED) is 0.0415. The molecule has 1 aliphatic rings. The lowest BCUT2D eigenvalue weighted by molar-refractivity contribution is -0.163. The lowest BCUT2D eigenvalue weighted by atomic mass is 9.92. The molecular formula is C44H79NO4. The minimum Gasteiger partial charge on any atom is -0.462 e. The van der Waals surface area contributed by atoms with Crippen LogP contribution in [0, 0.1) is 5.92 Å². The van der Waals surface area contributed by atoms with E-state index >= 15 is 0 Å². The van der Waals surface area contributed by atoms with E-state index in [0.717, 1.165) is 70.9 Å². The van der Waals surface area contributed by atoms with Crippen molar-refractivity contribution in [2.45, 2.75) is 206 Å². The molecule has 1 saturated heterocycles. The number of hydrogen-bond acceptors (Lipinski definition) is 5. The first-order valence-electron chi connectivity index (χ1n) is 21.2. The Bertz CT molecular complexity index is 829. The first kappa shape index (κ1) is 45.1. The van der Waals surface area contributed by atoms with Gasteiger partial charge in [0, 0.05) is 18.8 Å². The van der Waals surface area contributed by atoms with Crippen molar-refractivity contribution >= 4 is 11.9 Å². The maximum atomic E-state index is 12.7. The summed E-state index contributed by atoms with van der Waals surface area (Å²) >= 11 is 0. The molecule has 0 aromatic heterocycles. The molecule has 0 aromatic rings. The van der Waals surface area contributed by atoms with Crippen LogP contribution in [0.15, 0.2) is 36.5 Å². The Kier molecular flexibility index (Phi) is 33.1. The second-order valence-electron chi connectivity index (χ2n) is 14.5. The van der Waals surface area contributed by atoms with Crippen LogP contribution in [0.25, 0.3) is 0 Å². The van der Waals surface area contributed by atoms with Gasteiger partial charge in [0.25, 0.3) is 0 Å². The van der Waals surface area contributed by atoms with Gasteiger partial charge in [-0.3, -0.25) is 9.59 Å². The Labute approximate surface area is 303 Å². The fourth-order valence-corrected chi connectivity index (χ4v) is 6.55. The fraction of sp³-hybridized carbons (Fsp3) is 0.818. The number of hydrogen-bond donors (Lipinski definition) is 1. The summed E-state index contributed by atoms with van der Waals surface area (Å²) in [5.74, 6) is -0.0397. The third kappa shape index (κ3) is 30.7. The topological polar surface area (TPSA) is 64.6 Å². The third-order valence-electron chi connectivity index (χ3n) is 9.83. The number of ether oxygens (including phenoxy) is 2. The zero-order valence-electron chi connectivity index (χ0n) is 32.4. The number of esters is 2. The van der Waals surface area contributed by atoms with Crippen LogP contribution in [0.1, 0.15) is 200 Å². The average molecular weight is 686 g/mol. The molecule has 5 heteroatoms. The summed E-state index contributed by atoms with van der Waals surface area (Å²) in [5, 5.41) is 3.39. The molecule has 0 radical (unpaired) electrons. The van der Waals surface area contributed by atoms with Crippen LogP contribution in [0.5, 0.6) is 0 Å². The zero-order chi connectivity index (χ0) is 35.3. The molecule has 0 aliphatic carbocycles. The number of carbonyl (C=O) groups is 2. The van der Waals surface area contributed by atoms with Crippen LogP contribution in [-0.2, 0) is 19.1 Å². The van der Waals surface area contributed by atoms with Gasteiger partial charge in [-0.1, -0.05) is 140 Å². The summed E-state index contributed by atoms with van der Waals surface area (Å²) in [5.41, 5.74) is 0. The first-order valence-corrected chi connectivity index (χ1v) is 21.2. The number of unbranched alkanes of at least 4 members (excludes halogenated alkanes) is 20. The van der Waals surface area contributed by atoms with Crippen molar-refractivity contribution in [2.24, 2.45) is 5.92 Å². The molecule has 0 saturated carbocycles. The van der Waals surface area contributed by atoms with Crippen LogP contribution in [-0.4, -0.2) is 37.7 Å². The van der Waals surface area contributed by atoms with Gasteiger partial charge < -0.3 is 14.8 Å². The molecule has 1 fully saturated rings. The van der Waals surface area contributed by atoms with Crippen LogP contribution in [0.2, 0.25) is 0 Å². The van der Waals surface area contributed by atoms with Gasteiger partial charge in [0.15, 0.2) is 0 Å². The normalized spacial score (nSPS) is 14.7. The molecular weight excluding hydrogens is 606 g/mol. The van der Waals surface area contributed by atoms with Gasteiger partial charge in [0.1, 0.15) is 12.7 Å². The van der Waals surface area contributed by atoms with E-state index in [1.807, 2.05) is 0 Å². The van der Waals surface area contributed by atoms with Gasteiger partial charge in [-0.25, -0.2) is 0 Å². The first-order chi connectivity index (χ1) is 24.2. The van der Waals surface area contributed by atoms with E-state index in [-0.39, 0.29) is 30.6 Å². The van der Waals surface area contributed by atoms with E-state index in [9.17, 15) is 9.59 Å². The molecule has 49 heavy (non-hydrogen) atoms. The van der Waals surface area contributed by atoms with Crippen molar-refractivity contribution in [3.63, 3.8) is 0 Å². The lowest BCUT2D eigenvalue weighted by Crippen LogP contribution is -2.39. The van der Waals surface area contributed by atoms with E-state index in [1.165, 1.54) is 116 Å². The third-order valence-corrected chi connectivity index (χ3v) is 9.83. The molecule has 0 bridgehead atoms. The van der Waals surface area contributed by atoms with Crippen LogP contribution < -0.4 is 5.32 Å². The molecule has 0 amide bonds. The Balaban J connectivity index is 2.09. The summed E-state index contributed by atoms with van der Waals surface area (Å²) < 4.78 is 11.6. The smallest absolute Gasteiger partial charge is 0.306 e. The highest BCUT2D eigenvalue weighted by molar-refractivity contribution is 5.70. The number of rotatable bonds is 34. The monoisotopic (exact) mass is 686 g/mol. The van der Waals surface area contributed by atoms with Crippen LogP contribution in [0.3, 0.4) is 0 Å². The summed E-state index contributed by atoms with van der Waals surface area (Å²) in [4.78, 5) is 25.2. The molecule has 1 N–H and O–H groups in total. The predicted molar refractivity (Wildman–Crippen MR) is 210 cm³/mol. The summed E-state index contributed by atoms with van der Waals surface area (Å²) in [7, 11) is 0. The Morgan fingerprint density at radius 2 is 0.959 bits per heavy atom. The predicted octanol–water partition coefficient (Wildman–Crippen LogP) is 12.7. The lowest BCUT2D eigenvalue weighted by Gasteiger charge is -2.30. The maximum absolute atomic E-state index is 12.7. The Morgan fingerprint density at radius 1 is 0.551 bits per heavy atom. The minimum atomic E-state index is -0.324. The molecule has 0 spiro atoms. The largest absolute Gasteiger partial charge is 0.462 e. The van der Waals surface area contributed by atoms with Gasteiger partial charge in [-0.2, -0.15) is 0 Å². The second-order valence-corrected chi connectivity index (χ2v) is 14.5. The molecule has 5 nitrogen and oxygen atoms in total. The molecule has 1 rings (SSSR count). The van der Waals surface area contributed by atoms with E-state index in [4.69, 9.17) is 9.47 Å². The standard InChI is InChI=1S/C44H79NO4/c1-3-5-7-9-11-13-15-17-19-21-22-24-26-28-30-32-34-43(46)48-40-42(41-36-38-45-39-37-41)49-44(47)35-33-31-29-27-25-23-20-18-16-14-12-10-8-6-4-2/h12,14,18-21,41-42,45H,3-11,13,15-17,22-40H2,1-2H3/b14-12-,20-18-,21-19-. The Morgan fingerprint density at radius 3 is 1.49 bits per heavy atom. The van der Waals surface area contributed by atoms with Crippen LogP contribution in [0.4, 0.5) is 0 Å². The van der Waals surface area contributed by atoms with Crippen molar-refractivity contribution in [3.05, 3.63) is 36.5 Å². The van der Waals surface area contributed by atoms with E-state index in [0.29, 0.717) is 12.8 Å². The molecule has 1 heterocycles. The molecule has 0 aromatic carbocycles. The van der Waals surface area contributed by atoms with E-state index < -0.39 is 0 Å². The number of nitrogens with one attached hydrogen (secondary N) is 1. The number of carbonyl (C=O) groups excluding carboxylic acids is 2. The SMILES string of the molecule is CCCCC/C=C\C/C=C\CCCCCCCC(=O)OC(COC(=O)CCCCCCC/C=C\CCCCCCCCC)C1CCNCC1. The average Bonchev–Trinajstić information content (AvgIpc) is 3.11. The van der Waals surface area contributed by atoms with Crippen molar-refractivity contribution < 1.29 is 19.1 Å². The summed E-state index contributed by atoms with van der Waals surface area (Å²) in [6.07, 6.45) is 46.8. The van der Waals surface area contributed by atoms with Gasteiger partial charge in [-0.05, 0) is 96.6 Å². The van der Waals surface area contributed by atoms with Crippen molar-refractivity contribution in [1.82, 2.24) is 5.32 Å². The van der Waals surface area contributed by atoms with Crippen molar-refractivity contribution in [3.8, 4) is 0 Å². The zero-order valence-corrected chi connectivity index (χ0v) is 32.4. The van der Waals surface area contributed by atoms with Crippen molar-refractivity contribution in [1.29, 1.82) is 0 Å². The highest BCUT2D eigenvalue weighted by atomic mass is 16.6. The van der Waals surface area contributed by atoms with Gasteiger partial charge in [0.2, 0.25) is 0 Å². The molecule has 284 valence electrons. The second kappa shape index (κ2) is 35.9. The molecule has 1 unspecified atom stereocenters. The van der Waals surface area contributed by atoms with Gasteiger partial charge >= 0.3 is 11.9 Å². The van der Waals surface area contributed by atoms with Crippen molar-refractivity contribution in [2.75, 3.05) is 19.7 Å². The fourth-order valence-electron chi connectivity index (χ4n) is 6.55. The van der Waals surface area contributed by atoms with Gasteiger partial charge in [-0.15, -0.1) is 0 Å². The maximum Gasteiger partial charge on any atom is 0.306 e. The minimum absolute atomic E-state index is 0.141. The van der Waals surface area contributed by atoms with E-state index in [1.54, 1.807) is 0 Å². The number of allylic oxidation sites excluding steroid dienone is 6. The highest BCUT2D eigenvalue weighted by Gasteiger charge is 2.28. The summed E-state index contributed by atoms with van der Waals surface area (Å²) in [6.45, 7) is 6.56. The van der Waals surface area contributed by atoms with Gasteiger partial charge in [0.05, 0.1) is 0 Å². The Hall–Kier alpha value is -1.88. The van der Waals surface area contributed by atoms with Crippen LogP contribution >= 0.6 is 0 Å². The molecule has 1 atom stereocenters. The van der Waals surface area contributed by atoms with E-state index in [2.05, 4.69) is 55.6 Å². The number of piperidine rings is 1. The summed E-state index contributed by atoms with van der Waals surface area (Å²) in [6, 6.07) is 0. The highest BCUT2D eigenvalue weighted by Crippen LogP contribution is 2.21.